The Bertz CT molecular complexity index is 298. The summed E-state index contributed by atoms with van der Waals surface area (Å²) in [7, 11) is 0. The maximum absolute atomic E-state index is 5.50. The predicted octanol–water partition coefficient (Wildman–Crippen LogP) is 1.40. The average molecular weight is 177 g/mol. The van der Waals surface area contributed by atoms with Gasteiger partial charge in [0.05, 0.1) is 0 Å². The normalized spacial score (nSPS) is 26.3. The molecule has 0 spiro atoms. The van der Waals surface area contributed by atoms with Gasteiger partial charge in [-0.15, -0.1) is 0 Å². The van der Waals surface area contributed by atoms with E-state index in [-0.39, 0.29) is 6.04 Å². The van der Waals surface area contributed by atoms with Crippen molar-refractivity contribution in [3.05, 3.63) is 29.8 Å². The van der Waals surface area contributed by atoms with Crippen molar-refractivity contribution in [3.8, 4) is 0 Å². The lowest BCUT2D eigenvalue weighted by Gasteiger charge is -2.30. The van der Waals surface area contributed by atoms with Crippen LogP contribution in [0.4, 0.5) is 5.69 Å². The molecular formula is C10H15N3. The lowest BCUT2D eigenvalue weighted by molar-refractivity contribution is 0.473. The van der Waals surface area contributed by atoms with Crippen LogP contribution in [-0.4, -0.2) is 6.04 Å². The van der Waals surface area contributed by atoms with E-state index in [2.05, 4.69) is 29.8 Å². The maximum atomic E-state index is 5.50. The largest absolute Gasteiger partial charge is 0.382 e. The van der Waals surface area contributed by atoms with E-state index in [0.717, 1.165) is 6.42 Å². The number of rotatable bonds is 1. The van der Waals surface area contributed by atoms with E-state index in [1.54, 1.807) is 0 Å². The van der Waals surface area contributed by atoms with Crippen LogP contribution in [0.2, 0.25) is 0 Å². The van der Waals surface area contributed by atoms with Crippen molar-refractivity contribution >= 4 is 5.69 Å². The monoisotopic (exact) mass is 177 g/mol. The van der Waals surface area contributed by atoms with Gasteiger partial charge < -0.3 is 5.32 Å². The number of hydrogen-bond donors (Lipinski definition) is 3. The molecule has 4 N–H and O–H groups in total. The predicted molar refractivity (Wildman–Crippen MR) is 54.2 cm³/mol. The molecule has 3 heteroatoms. The fourth-order valence-electron chi connectivity index (χ4n) is 1.90. The molecule has 3 nitrogen and oxygen atoms in total. The first-order chi connectivity index (χ1) is 6.31. The number of hydrazine groups is 1. The summed E-state index contributed by atoms with van der Waals surface area (Å²) < 4.78 is 0. The van der Waals surface area contributed by atoms with Gasteiger partial charge in [0.25, 0.3) is 0 Å². The first-order valence-electron chi connectivity index (χ1n) is 4.63. The number of nitrogens with one attached hydrogen (secondary N) is 2. The van der Waals surface area contributed by atoms with Crippen LogP contribution in [0.5, 0.6) is 0 Å². The van der Waals surface area contributed by atoms with Gasteiger partial charge in [0.1, 0.15) is 0 Å². The van der Waals surface area contributed by atoms with Gasteiger partial charge in [-0.3, -0.25) is 11.3 Å². The molecule has 0 aliphatic carbocycles. The quantitative estimate of drug-likeness (QED) is 0.449. The number of para-hydroxylation sites is 1. The van der Waals surface area contributed by atoms with Crippen LogP contribution in [-0.2, 0) is 0 Å². The second-order valence-corrected chi connectivity index (χ2v) is 3.59. The topological polar surface area (TPSA) is 50.1 Å². The van der Waals surface area contributed by atoms with E-state index in [1.165, 1.54) is 11.3 Å². The molecule has 0 saturated carbocycles. The molecule has 0 radical (unpaired) electrons. The number of fused-ring (bicyclic) bond motifs is 1. The summed E-state index contributed by atoms with van der Waals surface area (Å²) in [6, 6.07) is 9.05. The summed E-state index contributed by atoms with van der Waals surface area (Å²) in [6.07, 6.45) is 1.04. The zero-order valence-corrected chi connectivity index (χ0v) is 7.75. The molecule has 2 rings (SSSR count). The molecule has 1 aromatic carbocycles. The number of benzene rings is 1. The first-order valence-corrected chi connectivity index (χ1v) is 4.63. The minimum absolute atomic E-state index is 0.285. The molecule has 2 atom stereocenters. The molecule has 70 valence electrons. The van der Waals surface area contributed by atoms with E-state index in [1.807, 2.05) is 12.1 Å². The summed E-state index contributed by atoms with van der Waals surface area (Å²) in [5, 5.41) is 3.43. The van der Waals surface area contributed by atoms with Crippen LogP contribution >= 0.6 is 0 Å². The summed E-state index contributed by atoms with van der Waals surface area (Å²) in [6.45, 7) is 2.17. The van der Waals surface area contributed by atoms with Gasteiger partial charge in [-0.2, -0.15) is 0 Å². The summed E-state index contributed by atoms with van der Waals surface area (Å²) in [5.74, 6) is 5.50. The standard InChI is InChI=1S/C10H15N3/c1-7-6-10(13-11)8-4-2-3-5-9(8)12-7/h2-5,7,10,12-13H,6,11H2,1H3. The zero-order chi connectivity index (χ0) is 9.26. The molecule has 2 unspecified atom stereocenters. The molecule has 1 aromatic rings. The Labute approximate surface area is 78.3 Å². The number of anilines is 1. The second-order valence-electron chi connectivity index (χ2n) is 3.59. The van der Waals surface area contributed by atoms with Gasteiger partial charge in [0.15, 0.2) is 0 Å². The Balaban J connectivity index is 2.37. The molecule has 0 fully saturated rings. The van der Waals surface area contributed by atoms with Crippen molar-refractivity contribution < 1.29 is 0 Å². The molecule has 1 heterocycles. The van der Waals surface area contributed by atoms with Crippen LogP contribution in [0.15, 0.2) is 24.3 Å². The van der Waals surface area contributed by atoms with Gasteiger partial charge in [-0.05, 0) is 25.0 Å². The van der Waals surface area contributed by atoms with E-state index in [9.17, 15) is 0 Å². The highest BCUT2D eigenvalue weighted by Crippen LogP contribution is 2.31. The number of nitrogens with two attached hydrogens (primary N) is 1. The third-order valence-electron chi connectivity index (χ3n) is 2.53. The Morgan fingerprint density at radius 1 is 1.46 bits per heavy atom. The van der Waals surface area contributed by atoms with Crippen LogP contribution < -0.4 is 16.6 Å². The van der Waals surface area contributed by atoms with E-state index in [4.69, 9.17) is 5.84 Å². The lowest BCUT2D eigenvalue weighted by Crippen LogP contribution is -2.36. The summed E-state index contributed by atoms with van der Waals surface area (Å²) in [4.78, 5) is 0. The molecule has 0 bridgehead atoms. The minimum Gasteiger partial charge on any atom is -0.382 e. The number of hydrogen-bond acceptors (Lipinski definition) is 3. The molecule has 1 aliphatic rings. The van der Waals surface area contributed by atoms with Gasteiger partial charge >= 0.3 is 0 Å². The molecular weight excluding hydrogens is 162 g/mol. The van der Waals surface area contributed by atoms with Gasteiger partial charge in [-0.1, -0.05) is 18.2 Å². The van der Waals surface area contributed by atoms with E-state index >= 15 is 0 Å². The second kappa shape index (κ2) is 3.36. The van der Waals surface area contributed by atoms with E-state index in [0.29, 0.717) is 6.04 Å². The van der Waals surface area contributed by atoms with Gasteiger partial charge in [0.2, 0.25) is 0 Å². The third kappa shape index (κ3) is 1.53. The minimum atomic E-state index is 0.285. The van der Waals surface area contributed by atoms with Crippen LogP contribution in [0.25, 0.3) is 0 Å². The maximum Gasteiger partial charge on any atom is 0.0499 e. The highest BCUT2D eigenvalue weighted by atomic mass is 15.2. The zero-order valence-electron chi connectivity index (χ0n) is 7.75. The smallest absolute Gasteiger partial charge is 0.0499 e. The van der Waals surface area contributed by atoms with Crippen molar-refractivity contribution in [1.82, 2.24) is 5.43 Å². The van der Waals surface area contributed by atoms with Crippen molar-refractivity contribution in [1.29, 1.82) is 0 Å². The summed E-state index contributed by atoms with van der Waals surface area (Å²) in [5.41, 5.74) is 5.32. The van der Waals surface area contributed by atoms with Crippen molar-refractivity contribution in [2.75, 3.05) is 5.32 Å². The molecule has 0 saturated heterocycles. The van der Waals surface area contributed by atoms with Gasteiger partial charge in [-0.25, -0.2) is 0 Å². The molecule has 1 aliphatic heterocycles. The molecule has 0 amide bonds. The Kier molecular flexibility index (Phi) is 2.20. The molecule has 13 heavy (non-hydrogen) atoms. The van der Waals surface area contributed by atoms with Crippen LogP contribution in [0, 0.1) is 0 Å². The first kappa shape index (κ1) is 8.53. The Morgan fingerprint density at radius 3 is 3.00 bits per heavy atom. The highest BCUT2D eigenvalue weighted by Gasteiger charge is 2.22. The Morgan fingerprint density at radius 2 is 2.23 bits per heavy atom. The van der Waals surface area contributed by atoms with Crippen LogP contribution in [0.1, 0.15) is 24.9 Å². The van der Waals surface area contributed by atoms with E-state index < -0.39 is 0 Å². The fourth-order valence-corrected chi connectivity index (χ4v) is 1.90. The SMILES string of the molecule is CC1CC(NN)c2ccccc2N1. The van der Waals surface area contributed by atoms with Gasteiger partial charge in [0, 0.05) is 17.8 Å². The Hall–Kier alpha value is -1.06. The fraction of sp³-hybridized carbons (Fsp3) is 0.400. The highest BCUT2D eigenvalue weighted by molar-refractivity contribution is 5.55. The van der Waals surface area contributed by atoms with Crippen LogP contribution in [0.3, 0.4) is 0 Å². The van der Waals surface area contributed by atoms with Crippen molar-refractivity contribution in [2.45, 2.75) is 25.4 Å². The summed E-state index contributed by atoms with van der Waals surface area (Å²) >= 11 is 0. The third-order valence-corrected chi connectivity index (χ3v) is 2.53. The van der Waals surface area contributed by atoms with Crippen molar-refractivity contribution in [3.63, 3.8) is 0 Å². The average Bonchev–Trinajstić information content (AvgIpc) is 2.16. The lowest BCUT2D eigenvalue weighted by atomic mass is 9.94. The molecule has 0 aromatic heterocycles. The van der Waals surface area contributed by atoms with Crippen molar-refractivity contribution in [2.24, 2.45) is 5.84 Å².